The molecular formula is C32H44N6O10. The Kier molecular flexibility index (Phi) is 14.8. The van der Waals surface area contributed by atoms with Gasteiger partial charge in [0.1, 0.15) is 42.1 Å². The predicted octanol–water partition coefficient (Wildman–Crippen LogP) is -1.11. The monoisotopic (exact) mass is 672 g/mol. The number of aliphatic hydroxyl groups is 2. The van der Waals surface area contributed by atoms with Gasteiger partial charge in [-0.15, -0.1) is 0 Å². The van der Waals surface area contributed by atoms with Gasteiger partial charge < -0.3 is 52.4 Å². The fourth-order valence-corrected chi connectivity index (χ4v) is 4.17. The molecule has 0 aliphatic heterocycles. The molecule has 0 fully saturated rings. The summed E-state index contributed by atoms with van der Waals surface area (Å²) < 4.78 is 10.8. The lowest BCUT2D eigenvalue weighted by molar-refractivity contribution is -0.135. The normalized spacial score (nSPS) is 14.2. The lowest BCUT2D eigenvalue weighted by Crippen LogP contribution is -2.60. The van der Waals surface area contributed by atoms with Crippen LogP contribution in [0.4, 0.5) is 4.79 Å². The van der Waals surface area contributed by atoms with Crippen LogP contribution in [0.2, 0.25) is 0 Å². The molecule has 6 amide bonds. The van der Waals surface area contributed by atoms with E-state index >= 15 is 0 Å². The molecule has 10 N–H and O–H groups in total. The van der Waals surface area contributed by atoms with Crippen molar-refractivity contribution >= 4 is 35.6 Å². The van der Waals surface area contributed by atoms with E-state index in [-0.39, 0.29) is 6.42 Å². The lowest BCUT2D eigenvalue weighted by atomic mass is 10.0. The van der Waals surface area contributed by atoms with Crippen molar-refractivity contribution in [1.29, 1.82) is 0 Å². The van der Waals surface area contributed by atoms with Crippen LogP contribution >= 0.6 is 0 Å². The zero-order valence-corrected chi connectivity index (χ0v) is 27.2. The molecule has 0 radical (unpaired) electrons. The number of carbonyl (C=O) groups excluding carboxylic acids is 6. The van der Waals surface area contributed by atoms with Gasteiger partial charge in [-0.25, -0.2) is 4.79 Å². The fourth-order valence-electron chi connectivity index (χ4n) is 4.17. The van der Waals surface area contributed by atoms with Crippen LogP contribution in [0.5, 0.6) is 5.75 Å². The van der Waals surface area contributed by atoms with Crippen molar-refractivity contribution in [2.75, 3.05) is 6.61 Å². The molecule has 262 valence electrons. The summed E-state index contributed by atoms with van der Waals surface area (Å²) in [6.45, 7) is 5.35. The summed E-state index contributed by atoms with van der Waals surface area (Å²) >= 11 is 0. The van der Waals surface area contributed by atoms with Crippen LogP contribution in [0.3, 0.4) is 0 Å². The van der Waals surface area contributed by atoms with Crippen LogP contribution in [-0.2, 0) is 41.7 Å². The van der Waals surface area contributed by atoms with Crippen molar-refractivity contribution in [3.05, 3.63) is 65.7 Å². The largest absolute Gasteiger partial charge is 0.489 e. The van der Waals surface area contributed by atoms with Crippen LogP contribution in [0, 0.1) is 0 Å². The molecule has 0 unspecified atom stereocenters. The van der Waals surface area contributed by atoms with Gasteiger partial charge in [0.2, 0.25) is 29.5 Å². The highest BCUT2D eigenvalue weighted by molar-refractivity contribution is 5.97. The minimum Gasteiger partial charge on any atom is -0.489 e. The van der Waals surface area contributed by atoms with Crippen LogP contribution in [0.1, 0.15) is 45.2 Å². The van der Waals surface area contributed by atoms with Gasteiger partial charge in [0.15, 0.2) is 0 Å². The summed E-state index contributed by atoms with van der Waals surface area (Å²) in [5.74, 6) is -4.51. The Morgan fingerprint density at radius 1 is 0.771 bits per heavy atom. The molecular weight excluding hydrogens is 628 g/mol. The zero-order chi connectivity index (χ0) is 36.0. The zero-order valence-electron chi connectivity index (χ0n) is 27.2. The van der Waals surface area contributed by atoms with Crippen LogP contribution in [-0.4, -0.2) is 88.3 Å². The number of rotatable bonds is 17. The highest BCUT2D eigenvalue weighted by atomic mass is 16.6. The van der Waals surface area contributed by atoms with E-state index in [0.717, 1.165) is 5.56 Å². The number of hydrogen-bond donors (Lipinski definition) is 8. The summed E-state index contributed by atoms with van der Waals surface area (Å²) in [5, 5.41) is 28.9. The van der Waals surface area contributed by atoms with Crippen molar-refractivity contribution in [3.8, 4) is 5.75 Å². The Balaban J connectivity index is 2.06. The summed E-state index contributed by atoms with van der Waals surface area (Å²) in [4.78, 5) is 75.1. The minimum atomic E-state index is -1.69. The predicted molar refractivity (Wildman–Crippen MR) is 172 cm³/mol. The standard InChI is InChI=1S/C32H44N6O10/c1-18(40)26(38-31(46)48-32(2,3)4)30(45)36-23(15-25(33)41)28(43)37-24(16-39)29(44)35-22(27(34)42)14-19-10-12-21(13-11-19)47-17-20-8-6-5-7-9-20/h5-13,18,22-24,26,39-40H,14-17H2,1-4H3,(H2,33,41)(H2,34,42)(H,35,44)(H,36,45)(H,37,43)(H,38,46)/t18-,22-,23+,24-,26-/m0/s1. The van der Waals surface area contributed by atoms with Gasteiger partial charge in [-0.05, 0) is 51.0 Å². The van der Waals surface area contributed by atoms with E-state index in [1.54, 1.807) is 45.0 Å². The molecule has 0 aliphatic carbocycles. The maximum Gasteiger partial charge on any atom is 0.408 e. The van der Waals surface area contributed by atoms with E-state index < -0.39 is 84.5 Å². The first-order valence-electron chi connectivity index (χ1n) is 15.0. The van der Waals surface area contributed by atoms with Crippen molar-refractivity contribution in [2.45, 2.75) is 83.0 Å². The van der Waals surface area contributed by atoms with Gasteiger partial charge in [-0.2, -0.15) is 0 Å². The number of primary amides is 2. The average molecular weight is 673 g/mol. The van der Waals surface area contributed by atoms with E-state index in [0.29, 0.717) is 17.9 Å². The van der Waals surface area contributed by atoms with E-state index in [1.807, 2.05) is 30.3 Å². The van der Waals surface area contributed by atoms with Gasteiger partial charge >= 0.3 is 6.09 Å². The quantitative estimate of drug-likeness (QED) is 0.100. The number of nitrogens with two attached hydrogens (primary N) is 2. The van der Waals surface area contributed by atoms with Crippen LogP contribution in [0.15, 0.2) is 54.6 Å². The molecule has 2 aromatic carbocycles. The van der Waals surface area contributed by atoms with Gasteiger partial charge in [0.25, 0.3) is 0 Å². The molecule has 2 aromatic rings. The molecule has 0 saturated carbocycles. The highest BCUT2D eigenvalue weighted by Crippen LogP contribution is 2.16. The first-order valence-corrected chi connectivity index (χ1v) is 15.0. The number of hydrogen-bond acceptors (Lipinski definition) is 10. The smallest absolute Gasteiger partial charge is 0.408 e. The van der Waals surface area contributed by atoms with E-state index in [2.05, 4.69) is 21.3 Å². The van der Waals surface area contributed by atoms with Crippen molar-refractivity contribution in [1.82, 2.24) is 21.3 Å². The Hall–Kier alpha value is -5.22. The Morgan fingerprint density at radius 2 is 1.33 bits per heavy atom. The molecule has 16 heteroatoms. The number of alkyl carbamates (subject to hydrolysis) is 1. The number of nitrogens with one attached hydrogen (secondary N) is 4. The summed E-state index contributed by atoms with van der Waals surface area (Å²) in [6.07, 6.45) is -3.27. The Labute approximate surface area is 277 Å². The van der Waals surface area contributed by atoms with Crippen LogP contribution < -0.4 is 37.5 Å². The van der Waals surface area contributed by atoms with Crippen molar-refractivity contribution in [3.63, 3.8) is 0 Å². The highest BCUT2D eigenvalue weighted by Gasteiger charge is 2.34. The Morgan fingerprint density at radius 3 is 1.85 bits per heavy atom. The second-order valence-corrected chi connectivity index (χ2v) is 11.9. The van der Waals surface area contributed by atoms with Crippen molar-refractivity contribution in [2.24, 2.45) is 11.5 Å². The molecule has 5 atom stereocenters. The van der Waals surface area contributed by atoms with Crippen LogP contribution in [0.25, 0.3) is 0 Å². The molecule has 0 saturated heterocycles. The maximum absolute atomic E-state index is 13.1. The molecule has 48 heavy (non-hydrogen) atoms. The number of amides is 6. The number of benzene rings is 2. The van der Waals surface area contributed by atoms with Crippen molar-refractivity contribution < 1.29 is 48.5 Å². The molecule has 16 nitrogen and oxygen atoms in total. The third kappa shape index (κ3) is 13.6. The summed E-state index contributed by atoms with van der Waals surface area (Å²) in [5.41, 5.74) is 11.4. The molecule has 0 heterocycles. The first-order chi connectivity index (χ1) is 22.5. The summed E-state index contributed by atoms with van der Waals surface area (Å²) in [7, 11) is 0. The second kappa shape index (κ2) is 18.2. The number of carbonyl (C=O) groups is 6. The van der Waals surface area contributed by atoms with Gasteiger partial charge in [0, 0.05) is 6.42 Å². The maximum atomic E-state index is 13.1. The first kappa shape index (κ1) is 39.0. The molecule has 0 aliphatic rings. The minimum absolute atomic E-state index is 0.0299. The third-order valence-corrected chi connectivity index (χ3v) is 6.56. The third-order valence-electron chi connectivity index (χ3n) is 6.56. The molecule has 0 spiro atoms. The van der Waals surface area contributed by atoms with Gasteiger partial charge in [0.05, 0.1) is 19.1 Å². The number of ether oxygens (including phenoxy) is 2. The SMILES string of the molecule is C[C@H](O)[C@H](NC(=O)OC(C)(C)C)C(=O)N[C@H](CC(N)=O)C(=O)N[C@@H](CO)C(=O)N[C@@H](Cc1ccc(OCc2ccccc2)cc1)C(N)=O. The topological polar surface area (TPSA) is 262 Å². The molecule has 0 aromatic heterocycles. The number of aliphatic hydroxyl groups excluding tert-OH is 2. The van der Waals surface area contributed by atoms with E-state index in [9.17, 15) is 39.0 Å². The van der Waals surface area contributed by atoms with Gasteiger partial charge in [-0.1, -0.05) is 42.5 Å². The second-order valence-electron chi connectivity index (χ2n) is 11.9. The fraction of sp³-hybridized carbons (Fsp3) is 0.438. The molecule has 0 bridgehead atoms. The Bertz CT molecular complexity index is 1410. The molecule has 2 rings (SSSR count). The summed E-state index contributed by atoms with van der Waals surface area (Å²) in [6, 6.07) is 10.1. The van der Waals surface area contributed by atoms with Gasteiger partial charge in [-0.3, -0.25) is 24.0 Å². The van der Waals surface area contributed by atoms with E-state index in [1.165, 1.54) is 6.92 Å². The average Bonchev–Trinajstić information content (AvgIpc) is 3.00. The lowest BCUT2D eigenvalue weighted by Gasteiger charge is -2.27. The van der Waals surface area contributed by atoms with E-state index in [4.69, 9.17) is 20.9 Å².